The molecule has 0 unspecified atom stereocenters. The van der Waals surface area contributed by atoms with Crippen molar-refractivity contribution in [2.45, 2.75) is 6.54 Å². The Balaban J connectivity index is 1.93. The van der Waals surface area contributed by atoms with E-state index in [4.69, 9.17) is 16.3 Å². The fourth-order valence-electron chi connectivity index (χ4n) is 1.69. The summed E-state index contributed by atoms with van der Waals surface area (Å²) in [6.07, 6.45) is 1.74. The molecule has 0 aliphatic heterocycles. The molecule has 0 aliphatic rings. The highest BCUT2D eigenvalue weighted by atomic mass is 35.5. The summed E-state index contributed by atoms with van der Waals surface area (Å²) in [6, 6.07) is 15.4. The lowest BCUT2D eigenvalue weighted by Crippen LogP contribution is -2.06. The van der Waals surface area contributed by atoms with Crippen LogP contribution in [-0.2, 0) is 6.54 Å². The van der Waals surface area contributed by atoms with Crippen molar-refractivity contribution in [3.05, 3.63) is 64.7 Å². The van der Waals surface area contributed by atoms with Crippen LogP contribution in [0.4, 0.5) is 0 Å². The van der Waals surface area contributed by atoms with Crippen LogP contribution in [0, 0.1) is 0 Å². The Labute approximate surface area is 117 Å². The van der Waals surface area contributed by atoms with Gasteiger partial charge in [-0.25, -0.2) is 0 Å². The van der Waals surface area contributed by atoms with Gasteiger partial charge in [-0.1, -0.05) is 41.9 Å². The average Bonchev–Trinajstić information content (AvgIpc) is 2.44. The second-order valence-corrected chi connectivity index (χ2v) is 4.40. The molecule has 0 saturated heterocycles. The van der Waals surface area contributed by atoms with Crippen LogP contribution in [0.1, 0.15) is 11.1 Å². The molecule has 1 N–H and O–H groups in total. The molecule has 2 aromatic carbocycles. The zero-order chi connectivity index (χ0) is 13.5. The maximum atomic E-state index is 5.89. The summed E-state index contributed by atoms with van der Waals surface area (Å²) in [5, 5.41) is 4.87. The molecule has 0 amide bonds. The molecule has 19 heavy (non-hydrogen) atoms. The maximum absolute atomic E-state index is 5.89. The van der Waals surface area contributed by atoms with Crippen LogP contribution in [-0.4, -0.2) is 13.3 Å². The van der Waals surface area contributed by atoms with Gasteiger partial charge in [-0.2, -0.15) is 5.10 Å². The van der Waals surface area contributed by atoms with E-state index < -0.39 is 0 Å². The van der Waals surface area contributed by atoms with Crippen LogP contribution < -0.4 is 10.2 Å². The number of hydrogen-bond donors (Lipinski definition) is 1. The first-order valence-corrected chi connectivity index (χ1v) is 6.31. The molecule has 4 heteroatoms. The number of rotatable bonds is 5. The van der Waals surface area contributed by atoms with E-state index >= 15 is 0 Å². The van der Waals surface area contributed by atoms with Gasteiger partial charge in [0.15, 0.2) is 0 Å². The Hall–Kier alpha value is -2.00. The number of benzene rings is 2. The Morgan fingerprint density at radius 1 is 1.21 bits per heavy atom. The smallest absolute Gasteiger partial charge is 0.123 e. The first-order chi connectivity index (χ1) is 9.29. The number of hydrogen-bond acceptors (Lipinski definition) is 3. The third-order valence-electron chi connectivity index (χ3n) is 2.62. The van der Waals surface area contributed by atoms with Gasteiger partial charge in [-0.05, 0) is 23.8 Å². The van der Waals surface area contributed by atoms with Crippen LogP contribution in [0.25, 0.3) is 0 Å². The summed E-state index contributed by atoms with van der Waals surface area (Å²) in [5.74, 6) is 0.855. The van der Waals surface area contributed by atoms with Gasteiger partial charge >= 0.3 is 0 Å². The highest BCUT2D eigenvalue weighted by Gasteiger charge is 1.99. The molecule has 2 aromatic rings. The predicted molar refractivity (Wildman–Crippen MR) is 78.9 cm³/mol. The second-order valence-electron chi connectivity index (χ2n) is 3.96. The Bertz CT molecular complexity index is 570. The van der Waals surface area contributed by atoms with Crippen molar-refractivity contribution in [3.63, 3.8) is 0 Å². The van der Waals surface area contributed by atoms with Gasteiger partial charge in [-0.3, -0.25) is 0 Å². The molecule has 0 aliphatic carbocycles. The van der Waals surface area contributed by atoms with E-state index in [1.54, 1.807) is 13.3 Å². The number of hydrazone groups is 1. The Kier molecular flexibility index (Phi) is 4.81. The maximum Gasteiger partial charge on any atom is 0.123 e. The third kappa shape index (κ3) is 4.00. The molecular formula is C15H15ClN2O. The minimum absolute atomic E-state index is 0.612. The standard InChI is InChI=1S/C15H15ClN2O/c1-19-15-8-3-2-6-13(15)11-18-17-10-12-5-4-7-14(16)9-12/h2-10,18H,11H2,1H3/b17-10-. The monoisotopic (exact) mass is 274 g/mol. The Morgan fingerprint density at radius 2 is 2.05 bits per heavy atom. The topological polar surface area (TPSA) is 33.6 Å². The van der Waals surface area contributed by atoms with Gasteiger partial charge in [0, 0.05) is 10.6 Å². The van der Waals surface area contributed by atoms with Gasteiger partial charge in [-0.15, -0.1) is 0 Å². The minimum Gasteiger partial charge on any atom is -0.496 e. The van der Waals surface area contributed by atoms with E-state index in [0.29, 0.717) is 11.6 Å². The van der Waals surface area contributed by atoms with Crippen molar-refractivity contribution in [1.82, 2.24) is 5.43 Å². The van der Waals surface area contributed by atoms with Crippen LogP contribution in [0.15, 0.2) is 53.6 Å². The number of halogens is 1. The second kappa shape index (κ2) is 6.81. The van der Waals surface area contributed by atoms with E-state index in [1.807, 2.05) is 48.5 Å². The van der Waals surface area contributed by atoms with E-state index in [1.165, 1.54) is 0 Å². The molecule has 0 bridgehead atoms. The zero-order valence-corrected chi connectivity index (χ0v) is 11.4. The Morgan fingerprint density at radius 3 is 2.84 bits per heavy atom. The zero-order valence-electron chi connectivity index (χ0n) is 10.6. The number of nitrogens with zero attached hydrogens (tertiary/aromatic N) is 1. The summed E-state index contributed by atoms with van der Waals surface area (Å²) < 4.78 is 5.27. The molecule has 2 rings (SSSR count). The van der Waals surface area contributed by atoms with Gasteiger partial charge in [0.25, 0.3) is 0 Å². The predicted octanol–water partition coefficient (Wildman–Crippen LogP) is 3.47. The lowest BCUT2D eigenvalue weighted by atomic mass is 10.2. The number of methoxy groups -OCH3 is 1. The van der Waals surface area contributed by atoms with E-state index in [9.17, 15) is 0 Å². The van der Waals surface area contributed by atoms with Crippen LogP contribution >= 0.6 is 11.6 Å². The van der Waals surface area contributed by atoms with Crippen molar-refractivity contribution in [1.29, 1.82) is 0 Å². The first-order valence-electron chi connectivity index (χ1n) is 5.93. The van der Waals surface area contributed by atoms with Crippen molar-refractivity contribution >= 4 is 17.8 Å². The number of para-hydroxylation sites is 1. The van der Waals surface area contributed by atoms with Crippen LogP contribution in [0.2, 0.25) is 5.02 Å². The normalized spacial score (nSPS) is 10.6. The molecule has 0 fully saturated rings. The van der Waals surface area contributed by atoms with Crippen LogP contribution in [0.3, 0.4) is 0 Å². The number of ether oxygens (including phenoxy) is 1. The molecule has 0 spiro atoms. The molecular weight excluding hydrogens is 260 g/mol. The third-order valence-corrected chi connectivity index (χ3v) is 2.85. The quantitative estimate of drug-likeness (QED) is 0.669. The lowest BCUT2D eigenvalue weighted by Gasteiger charge is -2.07. The summed E-state index contributed by atoms with van der Waals surface area (Å²) in [6.45, 7) is 0.612. The van der Waals surface area contributed by atoms with Crippen molar-refractivity contribution in [2.24, 2.45) is 5.10 Å². The highest BCUT2D eigenvalue weighted by molar-refractivity contribution is 6.30. The van der Waals surface area contributed by atoms with Crippen molar-refractivity contribution in [3.8, 4) is 5.75 Å². The number of nitrogens with one attached hydrogen (secondary N) is 1. The largest absolute Gasteiger partial charge is 0.496 e. The summed E-state index contributed by atoms with van der Waals surface area (Å²) in [4.78, 5) is 0. The van der Waals surface area contributed by atoms with Crippen molar-refractivity contribution in [2.75, 3.05) is 7.11 Å². The summed E-state index contributed by atoms with van der Waals surface area (Å²) >= 11 is 5.89. The molecule has 98 valence electrons. The van der Waals surface area contributed by atoms with Crippen LogP contribution in [0.5, 0.6) is 5.75 Å². The van der Waals surface area contributed by atoms with Gasteiger partial charge in [0.1, 0.15) is 5.75 Å². The highest BCUT2D eigenvalue weighted by Crippen LogP contribution is 2.16. The molecule has 3 nitrogen and oxygen atoms in total. The van der Waals surface area contributed by atoms with Gasteiger partial charge in [0.05, 0.1) is 19.9 Å². The van der Waals surface area contributed by atoms with Gasteiger partial charge < -0.3 is 10.2 Å². The minimum atomic E-state index is 0.612. The van der Waals surface area contributed by atoms with E-state index in [0.717, 1.165) is 16.9 Å². The molecule has 0 aromatic heterocycles. The molecule has 0 saturated carbocycles. The fraction of sp³-hybridized carbons (Fsp3) is 0.133. The van der Waals surface area contributed by atoms with Crippen molar-refractivity contribution < 1.29 is 4.74 Å². The SMILES string of the molecule is COc1ccccc1CN/N=C\c1cccc(Cl)c1. The molecule has 0 heterocycles. The van der Waals surface area contributed by atoms with E-state index in [2.05, 4.69) is 10.5 Å². The van der Waals surface area contributed by atoms with Gasteiger partial charge in [0.2, 0.25) is 0 Å². The first kappa shape index (κ1) is 13.4. The lowest BCUT2D eigenvalue weighted by molar-refractivity contribution is 0.408. The van der Waals surface area contributed by atoms with E-state index in [-0.39, 0.29) is 0 Å². The summed E-state index contributed by atoms with van der Waals surface area (Å²) in [5.41, 5.74) is 5.01. The summed E-state index contributed by atoms with van der Waals surface area (Å²) in [7, 11) is 1.66. The molecule has 0 radical (unpaired) electrons. The fourth-order valence-corrected chi connectivity index (χ4v) is 1.89. The molecule has 0 atom stereocenters. The average molecular weight is 275 g/mol.